The summed E-state index contributed by atoms with van der Waals surface area (Å²) in [5.41, 5.74) is 0. The Bertz CT molecular complexity index is 502. The second kappa shape index (κ2) is 28.9. The maximum atomic E-state index is 10.1. The highest BCUT2D eigenvalue weighted by atomic mass is 16.7. The number of ether oxygens (including phenoxy) is 4. The topological polar surface area (TPSA) is 57.2 Å². The summed E-state index contributed by atoms with van der Waals surface area (Å²) >= 11 is 0. The van der Waals surface area contributed by atoms with Crippen molar-refractivity contribution < 1.29 is 24.1 Å². The molecule has 0 aromatic carbocycles. The Hall–Kier alpha value is -0.200. The Kier molecular flexibility index (Phi) is 27.3. The highest BCUT2D eigenvalue weighted by Gasteiger charge is 2.46. The second-order valence-corrected chi connectivity index (χ2v) is 12.2. The van der Waals surface area contributed by atoms with Crippen LogP contribution in [0.1, 0.15) is 175 Å². The van der Waals surface area contributed by atoms with E-state index >= 15 is 0 Å². The number of hydrogen-bond donors (Lipinski definition) is 1. The fraction of sp³-hybridized carbons (Fsp3) is 1.00. The zero-order valence-corrected chi connectivity index (χ0v) is 27.2. The number of unbranched alkanes of at least 4 members (excludes halogenated alkanes) is 21. The van der Waals surface area contributed by atoms with Crippen LogP contribution in [0.4, 0.5) is 0 Å². The minimum Gasteiger partial charge on any atom is -0.394 e. The maximum absolute atomic E-state index is 10.1. The highest BCUT2D eigenvalue weighted by Crippen LogP contribution is 2.28. The van der Waals surface area contributed by atoms with Crippen molar-refractivity contribution in [2.75, 3.05) is 26.4 Å². The van der Waals surface area contributed by atoms with Crippen molar-refractivity contribution in [1.29, 1.82) is 0 Å². The molecule has 40 heavy (non-hydrogen) atoms. The zero-order valence-electron chi connectivity index (χ0n) is 27.2. The molecule has 1 aliphatic heterocycles. The molecule has 1 fully saturated rings. The van der Waals surface area contributed by atoms with Crippen LogP contribution in [0.15, 0.2) is 0 Å². The van der Waals surface area contributed by atoms with Gasteiger partial charge in [0.15, 0.2) is 6.29 Å². The van der Waals surface area contributed by atoms with Crippen molar-refractivity contribution in [1.82, 2.24) is 0 Å². The Morgan fingerprint density at radius 2 is 0.750 bits per heavy atom. The van der Waals surface area contributed by atoms with Crippen molar-refractivity contribution >= 4 is 0 Å². The van der Waals surface area contributed by atoms with Gasteiger partial charge in [-0.15, -0.1) is 0 Å². The molecule has 1 heterocycles. The first kappa shape index (κ1) is 37.8. The minimum absolute atomic E-state index is 0.0582. The third kappa shape index (κ3) is 19.8. The largest absolute Gasteiger partial charge is 0.394 e. The molecule has 1 unspecified atom stereocenters. The molecule has 0 amide bonds. The van der Waals surface area contributed by atoms with Gasteiger partial charge in [0.1, 0.15) is 18.3 Å². The summed E-state index contributed by atoms with van der Waals surface area (Å²) < 4.78 is 25.1. The Labute approximate surface area is 249 Å². The first-order valence-corrected chi connectivity index (χ1v) is 17.9. The second-order valence-electron chi connectivity index (χ2n) is 12.2. The summed E-state index contributed by atoms with van der Waals surface area (Å²) in [5.74, 6) is 0. The van der Waals surface area contributed by atoms with Crippen LogP contribution in [-0.4, -0.2) is 56.1 Å². The average Bonchev–Trinajstić information content (AvgIpc) is 3.30. The molecule has 1 N–H and O–H groups in total. The predicted octanol–water partition coefficient (Wildman–Crippen LogP) is 9.91. The standard InChI is InChI=1S/C35H70O5/c1-4-7-10-13-16-19-22-25-28-37-33-32(31-36)40-35(39-30-27-24-21-18-15-12-9-6-3)34(33)38-29-26-23-20-17-14-11-8-5-2/h32-36H,4-31H2,1-3H3/t32-,33+,34?,35-/m1/s1. The van der Waals surface area contributed by atoms with Gasteiger partial charge in [-0.3, -0.25) is 0 Å². The molecule has 0 saturated carbocycles. The van der Waals surface area contributed by atoms with E-state index in [1.807, 2.05) is 0 Å². The third-order valence-corrected chi connectivity index (χ3v) is 8.34. The first-order valence-electron chi connectivity index (χ1n) is 17.9. The summed E-state index contributed by atoms with van der Waals surface area (Å²) in [6, 6.07) is 0. The summed E-state index contributed by atoms with van der Waals surface area (Å²) in [6.07, 6.45) is 29.4. The Balaban J connectivity index is 2.41. The number of aliphatic hydroxyl groups is 1. The quantitative estimate of drug-likeness (QED) is 0.0841. The van der Waals surface area contributed by atoms with E-state index in [2.05, 4.69) is 20.8 Å². The molecule has 0 aromatic rings. The summed E-state index contributed by atoms with van der Waals surface area (Å²) in [5, 5.41) is 10.1. The average molecular weight is 571 g/mol. The van der Waals surface area contributed by atoms with E-state index in [0.717, 1.165) is 19.3 Å². The summed E-state index contributed by atoms with van der Waals surface area (Å²) in [4.78, 5) is 0. The lowest BCUT2D eigenvalue weighted by molar-refractivity contribution is -0.181. The van der Waals surface area contributed by atoms with Crippen LogP contribution in [0.5, 0.6) is 0 Å². The van der Waals surface area contributed by atoms with Crippen LogP contribution < -0.4 is 0 Å². The molecule has 5 heteroatoms. The molecule has 1 rings (SSSR count). The molecular weight excluding hydrogens is 500 g/mol. The molecule has 0 spiro atoms. The lowest BCUT2D eigenvalue weighted by Gasteiger charge is -2.24. The van der Waals surface area contributed by atoms with Crippen LogP contribution >= 0.6 is 0 Å². The molecule has 5 nitrogen and oxygen atoms in total. The van der Waals surface area contributed by atoms with Crippen LogP contribution in [0.3, 0.4) is 0 Å². The number of aliphatic hydroxyl groups excluding tert-OH is 1. The van der Waals surface area contributed by atoms with E-state index in [1.54, 1.807) is 0 Å². The van der Waals surface area contributed by atoms with Crippen molar-refractivity contribution in [2.24, 2.45) is 0 Å². The van der Waals surface area contributed by atoms with Gasteiger partial charge in [-0.05, 0) is 19.3 Å². The van der Waals surface area contributed by atoms with Crippen molar-refractivity contribution in [3.8, 4) is 0 Å². The fourth-order valence-corrected chi connectivity index (χ4v) is 5.70. The summed E-state index contributed by atoms with van der Waals surface area (Å²) in [6.45, 7) is 8.82. The van der Waals surface area contributed by atoms with E-state index in [1.165, 1.54) is 135 Å². The van der Waals surface area contributed by atoms with Gasteiger partial charge in [-0.25, -0.2) is 0 Å². The van der Waals surface area contributed by atoms with E-state index in [9.17, 15) is 5.11 Å². The van der Waals surface area contributed by atoms with E-state index < -0.39 is 6.29 Å². The molecule has 4 atom stereocenters. The molecule has 240 valence electrons. The smallest absolute Gasteiger partial charge is 0.186 e. The van der Waals surface area contributed by atoms with Crippen LogP contribution in [0.2, 0.25) is 0 Å². The number of rotatable bonds is 31. The van der Waals surface area contributed by atoms with Gasteiger partial charge >= 0.3 is 0 Å². The molecule has 0 aliphatic carbocycles. The molecule has 1 saturated heterocycles. The molecule has 0 radical (unpaired) electrons. The van der Waals surface area contributed by atoms with Gasteiger partial charge in [0.2, 0.25) is 0 Å². The van der Waals surface area contributed by atoms with E-state index in [0.29, 0.717) is 19.8 Å². The van der Waals surface area contributed by atoms with Crippen LogP contribution in [0, 0.1) is 0 Å². The minimum atomic E-state index is -0.445. The first-order chi connectivity index (χ1) is 19.8. The predicted molar refractivity (Wildman–Crippen MR) is 169 cm³/mol. The van der Waals surface area contributed by atoms with E-state index in [-0.39, 0.29) is 24.9 Å². The van der Waals surface area contributed by atoms with Gasteiger partial charge in [-0.2, -0.15) is 0 Å². The Morgan fingerprint density at radius 1 is 0.425 bits per heavy atom. The maximum Gasteiger partial charge on any atom is 0.186 e. The Morgan fingerprint density at radius 3 is 1.12 bits per heavy atom. The van der Waals surface area contributed by atoms with Crippen LogP contribution in [0.25, 0.3) is 0 Å². The summed E-state index contributed by atoms with van der Waals surface area (Å²) in [7, 11) is 0. The highest BCUT2D eigenvalue weighted by molar-refractivity contribution is 4.89. The number of hydrogen-bond acceptors (Lipinski definition) is 5. The lowest BCUT2D eigenvalue weighted by Crippen LogP contribution is -2.40. The zero-order chi connectivity index (χ0) is 28.9. The van der Waals surface area contributed by atoms with Gasteiger partial charge < -0.3 is 24.1 Å². The van der Waals surface area contributed by atoms with Crippen molar-refractivity contribution in [3.05, 3.63) is 0 Å². The van der Waals surface area contributed by atoms with Gasteiger partial charge in [0.25, 0.3) is 0 Å². The fourth-order valence-electron chi connectivity index (χ4n) is 5.70. The van der Waals surface area contributed by atoms with Gasteiger partial charge in [0.05, 0.1) is 6.61 Å². The van der Waals surface area contributed by atoms with E-state index in [4.69, 9.17) is 18.9 Å². The SMILES string of the molecule is CCCCCCCCCCOC1[C@H](OCCCCCCCCCC)O[C@H](CO)[C@@H]1OCCCCCCCCCC. The third-order valence-electron chi connectivity index (χ3n) is 8.34. The normalized spacial score (nSPS) is 21.0. The van der Waals surface area contributed by atoms with Gasteiger partial charge in [-0.1, -0.05) is 156 Å². The molecular formula is C35H70O5. The molecule has 1 aliphatic rings. The van der Waals surface area contributed by atoms with Crippen molar-refractivity contribution in [2.45, 2.75) is 199 Å². The van der Waals surface area contributed by atoms with Crippen molar-refractivity contribution in [3.63, 3.8) is 0 Å². The monoisotopic (exact) mass is 571 g/mol. The lowest BCUT2D eigenvalue weighted by atomic mass is 10.1. The molecule has 0 bridgehead atoms. The molecule has 0 aromatic heterocycles. The van der Waals surface area contributed by atoms with Gasteiger partial charge in [0, 0.05) is 19.8 Å². The van der Waals surface area contributed by atoms with Crippen LogP contribution in [-0.2, 0) is 18.9 Å².